The summed E-state index contributed by atoms with van der Waals surface area (Å²) in [5, 5.41) is 8.72. The molecule has 0 spiro atoms. The zero-order valence-electron chi connectivity index (χ0n) is 12.2. The van der Waals surface area contributed by atoms with Crippen LogP contribution < -0.4 is 0 Å². The molecule has 0 atom stereocenters. The smallest absolute Gasteiger partial charge is 0.179 e. The monoisotopic (exact) mass is 294 g/mol. The second-order valence-electron chi connectivity index (χ2n) is 4.80. The fraction of sp³-hybridized carbons (Fsp3) is 0.533. The van der Waals surface area contributed by atoms with Crippen LogP contribution in [0.3, 0.4) is 0 Å². The lowest BCUT2D eigenvalue weighted by Crippen LogP contribution is -2.30. The van der Waals surface area contributed by atoms with E-state index in [0.717, 1.165) is 25.9 Å². The van der Waals surface area contributed by atoms with Crippen molar-refractivity contribution in [2.24, 2.45) is 0 Å². The lowest BCUT2D eigenvalue weighted by Gasteiger charge is -2.20. The van der Waals surface area contributed by atoms with Gasteiger partial charge >= 0.3 is 0 Å². The third kappa shape index (κ3) is 4.95. The van der Waals surface area contributed by atoms with Crippen LogP contribution >= 0.6 is 0 Å². The molecule has 0 aliphatic heterocycles. The third-order valence-corrected chi connectivity index (χ3v) is 4.81. The van der Waals surface area contributed by atoms with Crippen LogP contribution in [-0.2, 0) is 9.84 Å². The van der Waals surface area contributed by atoms with E-state index in [9.17, 15) is 8.42 Å². The molecule has 1 rings (SSSR count). The molecule has 0 aliphatic rings. The van der Waals surface area contributed by atoms with Crippen molar-refractivity contribution in [1.29, 1.82) is 5.26 Å². The SMILES string of the molecule is CCCN(CCC)CCS(=O)(=O)c1ccc(C#N)cc1. The van der Waals surface area contributed by atoms with Gasteiger partial charge in [0.25, 0.3) is 0 Å². The maximum atomic E-state index is 12.2. The molecule has 0 N–H and O–H groups in total. The van der Waals surface area contributed by atoms with Crippen molar-refractivity contribution in [2.45, 2.75) is 31.6 Å². The van der Waals surface area contributed by atoms with Gasteiger partial charge in [0.1, 0.15) is 0 Å². The van der Waals surface area contributed by atoms with Crippen molar-refractivity contribution in [3.05, 3.63) is 29.8 Å². The molecule has 1 aromatic carbocycles. The summed E-state index contributed by atoms with van der Waals surface area (Å²) in [6, 6.07) is 8.10. The number of nitriles is 1. The molecular weight excluding hydrogens is 272 g/mol. The van der Waals surface area contributed by atoms with Gasteiger partial charge in [-0.2, -0.15) is 5.26 Å². The first-order chi connectivity index (χ1) is 9.53. The predicted molar refractivity (Wildman–Crippen MR) is 80.2 cm³/mol. The summed E-state index contributed by atoms with van der Waals surface area (Å²) in [5.41, 5.74) is 0.475. The van der Waals surface area contributed by atoms with E-state index in [2.05, 4.69) is 18.7 Å². The molecule has 1 aromatic rings. The number of nitrogens with zero attached hydrogens (tertiary/aromatic N) is 2. The highest BCUT2D eigenvalue weighted by Gasteiger charge is 2.16. The van der Waals surface area contributed by atoms with Crippen LogP contribution in [0.15, 0.2) is 29.2 Å². The number of benzene rings is 1. The van der Waals surface area contributed by atoms with E-state index in [-0.39, 0.29) is 5.75 Å². The Morgan fingerprint density at radius 1 is 1.05 bits per heavy atom. The summed E-state index contributed by atoms with van der Waals surface area (Å²) in [6.07, 6.45) is 2.05. The first kappa shape index (κ1) is 16.7. The van der Waals surface area contributed by atoms with Gasteiger partial charge in [-0.05, 0) is 50.2 Å². The summed E-state index contributed by atoms with van der Waals surface area (Å²) in [5.74, 6) is 0.124. The Bertz CT molecular complexity index is 538. The van der Waals surface area contributed by atoms with E-state index in [0.29, 0.717) is 17.0 Å². The maximum Gasteiger partial charge on any atom is 0.179 e. The molecule has 20 heavy (non-hydrogen) atoms. The molecule has 0 aromatic heterocycles. The average Bonchev–Trinajstić information content (AvgIpc) is 2.45. The van der Waals surface area contributed by atoms with Crippen LogP contribution in [0, 0.1) is 11.3 Å². The van der Waals surface area contributed by atoms with Crippen molar-refractivity contribution in [3.8, 4) is 6.07 Å². The van der Waals surface area contributed by atoms with Crippen LogP contribution in [0.25, 0.3) is 0 Å². The molecule has 0 unspecified atom stereocenters. The Kier molecular flexibility index (Phi) is 6.69. The first-order valence-electron chi connectivity index (χ1n) is 6.98. The highest BCUT2D eigenvalue weighted by Crippen LogP contribution is 2.12. The van der Waals surface area contributed by atoms with Gasteiger partial charge in [-0.25, -0.2) is 8.42 Å². The fourth-order valence-electron chi connectivity index (χ4n) is 2.07. The second kappa shape index (κ2) is 8.03. The molecule has 4 nitrogen and oxygen atoms in total. The Morgan fingerprint density at radius 3 is 2.05 bits per heavy atom. The lowest BCUT2D eigenvalue weighted by atomic mass is 10.2. The molecule has 110 valence electrons. The quantitative estimate of drug-likeness (QED) is 0.739. The standard InChI is InChI=1S/C15H22N2O2S/c1-3-9-17(10-4-2)11-12-20(18,19)15-7-5-14(13-16)6-8-15/h5-8H,3-4,9-12H2,1-2H3. The third-order valence-electron chi connectivity index (χ3n) is 3.10. The van der Waals surface area contributed by atoms with Crippen molar-refractivity contribution in [1.82, 2.24) is 4.90 Å². The van der Waals surface area contributed by atoms with Gasteiger partial charge in [0, 0.05) is 6.54 Å². The van der Waals surface area contributed by atoms with E-state index in [1.54, 1.807) is 12.1 Å². The van der Waals surface area contributed by atoms with E-state index >= 15 is 0 Å². The number of hydrogen-bond donors (Lipinski definition) is 0. The minimum absolute atomic E-state index is 0.124. The highest BCUT2D eigenvalue weighted by atomic mass is 32.2. The Labute approximate surface area is 121 Å². The molecule has 0 fully saturated rings. The number of hydrogen-bond acceptors (Lipinski definition) is 4. The minimum atomic E-state index is -3.27. The van der Waals surface area contributed by atoms with Gasteiger partial charge < -0.3 is 4.90 Å². The normalized spacial score (nSPS) is 11.5. The van der Waals surface area contributed by atoms with Crippen molar-refractivity contribution < 1.29 is 8.42 Å². The summed E-state index contributed by atoms with van der Waals surface area (Å²) >= 11 is 0. The Morgan fingerprint density at radius 2 is 1.60 bits per heavy atom. The minimum Gasteiger partial charge on any atom is -0.302 e. The van der Waals surface area contributed by atoms with E-state index in [4.69, 9.17) is 5.26 Å². The molecule has 0 amide bonds. The number of sulfone groups is 1. The van der Waals surface area contributed by atoms with Crippen LogP contribution in [-0.4, -0.2) is 38.7 Å². The maximum absolute atomic E-state index is 12.2. The fourth-order valence-corrected chi connectivity index (χ4v) is 3.36. The van der Waals surface area contributed by atoms with Gasteiger partial charge in [0.05, 0.1) is 22.3 Å². The van der Waals surface area contributed by atoms with Crippen LogP contribution in [0.4, 0.5) is 0 Å². The van der Waals surface area contributed by atoms with Crippen molar-refractivity contribution in [3.63, 3.8) is 0 Å². The molecule has 0 bridgehead atoms. The summed E-state index contributed by atoms with van der Waals surface area (Å²) in [6.45, 7) is 6.60. The number of rotatable bonds is 8. The van der Waals surface area contributed by atoms with Gasteiger partial charge in [-0.15, -0.1) is 0 Å². The average molecular weight is 294 g/mol. The predicted octanol–water partition coefficient (Wildman–Crippen LogP) is 2.45. The molecule has 5 heteroatoms. The van der Waals surface area contributed by atoms with Crippen molar-refractivity contribution in [2.75, 3.05) is 25.4 Å². The van der Waals surface area contributed by atoms with Gasteiger partial charge in [0.15, 0.2) is 9.84 Å². The zero-order valence-corrected chi connectivity index (χ0v) is 13.0. The van der Waals surface area contributed by atoms with Crippen molar-refractivity contribution >= 4 is 9.84 Å². The molecule has 0 saturated heterocycles. The molecule has 0 aliphatic carbocycles. The largest absolute Gasteiger partial charge is 0.302 e. The van der Waals surface area contributed by atoms with Gasteiger partial charge in [-0.3, -0.25) is 0 Å². The van der Waals surface area contributed by atoms with E-state index < -0.39 is 9.84 Å². The first-order valence-corrected chi connectivity index (χ1v) is 8.64. The van der Waals surface area contributed by atoms with Crippen LogP contribution in [0.5, 0.6) is 0 Å². The summed E-state index contributed by atoms with van der Waals surface area (Å²) in [7, 11) is -3.27. The lowest BCUT2D eigenvalue weighted by molar-refractivity contribution is 0.290. The molecule has 0 radical (unpaired) electrons. The Hall–Kier alpha value is -1.38. The van der Waals surface area contributed by atoms with Crippen LogP contribution in [0.1, 0.15) is 32.3 Å². The molecule has 0 heterocycles. The topological polar surface area (TPSA) is 61.2 Å². The summed E-state index contributed by atoms with van der Waals surface area (Å²) in [4.78, 5) is 2.48. The second-order valence-corrected chi connectivity index (χ2v) is 6.91. The van der Waals surface area contributed by atoms with E-state index in [1.807, 2.05) is 6.07 Å². The molecular formula is C15H22N2O2S. The van der Waals surface area contributed by atoms with E-state index in [1.165, 1.54) is 12.1 Å². The highest BCUT2D eigenvalue weighted by molar-refractivity contribution is 7.91. The summed E-state index contributed by atoms with van der Waals surface area (Å²) < 4.78 is 24.5. The molecule has 0 saturated carbocycles. The Balaban J connectivity index is 2.71. The zero-order chi connectivity index (χ0) is 15.0. The van der Waals surface area contributed by atoms with Gasteiger partial charge in [-0.1, -0.05) is 13.8 Å². The van der Waals surface area contributed by atoms with Crippen LogP contribution in [0.2, 0.25) is 0 Å². The van der Waals surface area contributed by atoms with Gasteiger partial charge in [0.2, 0.25) is 0 Å².